The minimum absolute atomic E-state index is 0.279. The van der Waals surface area contributed by atoms with Crippen LogP contribution in [0.4, 0.5) is 0 Å². The van der Waals surface area contributed by atoms with Crippen LogP contribution in [0.15, 0.2) is 0 Å². The molecule has 12 heavy (non-hydrogen) atoms. The lowest BCUT2D eigenvalue weighted by atomic mass is 10.2. The summed E-state index contributed by atoms with van der Waals surface area (Å²) in [5.74, 6) is -0.342. The van der Waals surface area contributed by atoms with Gasteiger partial charge in [-0.2, -0.15) is 0 Å². The van der Waals surface area contributed by atoms with Crippen LogP contribution in [0.1, 0.15) is 13.3 Å². The summed E-state index contributed by atoms with van der Waals surface area (Å²) in [6.07, 6.45) is 0.537. The number of rotatable bonds is 5. The van der Waals surface area contributed by atoms with E-state index in [-0.39, 0.29) is 19.1 Å². The van der Waals surface area contributed by atoms with Crippen LogP contribution in [0, 0.1) is 0 Å². The largest absolute Gasteiger partial charge is 0.394 e. The zero-order chi connectivity index (χ0) is 9.56. The van der Waals surface area contributed by atoms with Crippen LogP contribution in [0.3, 0.4) is 0 Å². The van der Waals surface area contributed by atoms with Gasteiger partial charge >= 0.3 is 0 Å². The maximum atomic E-state index is 11.0. The van der Waals surface area contributed by atoms with Gasteiger partial charge in [-0.25, -0.2) is 0 Å². The van der Waals surface area contributed by atoms with Crippen molar-refractivity contribution >= 4 is 5.91 Å². The molecule has 5 nitrogen and oxygen atoms in total. The van der Waals surface area contributed by atoms with Gasteiger partial charge in [0.05, 0.1) is 25.3 Å². The second-order valence-corrected chi connectivity index (χ2v) is 2.59. The first-order valence-corrected chi connectivity index (χ1v) is 3.93. The molecule has 0 fully saturated rings. The van der Waals surface area contributed by atoms with Gasteiger partial charge in [0.15, 0.2) is 0 Å². The van der Waals surface area contributed by atoms with Crippen molar-refractivity contribution in [2.75, 3.05) is 13.2 Å². The predicted octanol–water partition coefficient (Wildman–Crippen LogP) is -1.81. The number of nitrogens with two attached hydrogens (primary N) is 1. The summed E-state index contributed by atoms with van der Waals surface area (Å²) in [5.41, 5.74) is 5.40. The van der Waals surface area contributed by atoms with Gasteiger partial charge in [0.1, 0.15) is 0 Å². The Hall–Kier alpha value is -0.650. The van der Waals surface area contributed by atoms with Crippen molar-refractivity contribution in [1.29, 1.82) is 0 Å². The number of aliphatic hydroxyl groups excluding tert-OH is 2. The zero-order valence-electron chi connectivity index (χ0n) is 7.16. The highest BCUT2D eigenvalue weighted by atomic mass is 16.3. The quantitative estimate of drug-likeness (QED) is 0.397. The minimum atomic E-state index is -0.602. The van der Waals surface area contributed by atoms with Crippen molar-refractivity contribution < 1.29 is 15.0 Å². The highest BCUT2D eigenvalue weighted by molar-refractivity contribution is 5.81. The lowest BCUT2D eigenvalue weighted by Crippen LogP contribution is -2.47. The minimum Gasteiger partial charge on any atom is -0.394 e. The van der Waals surface area contributed by atoms with E-state index in [1.54, 1.807) is 6.92 Å². The number of hydrogen-bond donors (Lipinski definition) is 4. The molecular weight excluding hydrogens is 160 g/mol. The average Bonchev–Trinajstić information content (AvgIpc) is 2.12. The predicted molar refractivity (Wildman–Crippen MR) is 44.4 cm³/mol. The molecule has 0 spiro atoms. The number of nitrogens with one attached hydrogen (secondary N) is 1. The molecule has 0 saturated carbocycles. The van der Waals surface area contributed by atoms with E-state index in [1.807, 2.05) is 0 Å². The third-order valence-electron chi connectivity index (χ3n) is 1.56. The monoisotopic (exact) mass is 176 g/mol. The molecule has 0 saturated heterocycles. The van der Waals surface area contributed by atoms with Crippen LogP contribution in [0.25, 0.3) is 0 Å². The van der Waals surface area contributed by atoms with E-state index in [4.69, 9.17) is 15.9 Å². The molecule has 0 bridgehead atoms. The number of carbonyl (C=O) groups is 1. The Bertz CT molecular complexity index is 137. The van der Waals surface area contributed by atoms with Crippen LogP contribution in [0.2, 0.25) is 0 Å². The topological polar surface area (TPSA) is 95.6 Å². The molecule has 0 aliphatic carbocycles. The summed E-state index contributed by atoms with van der Waals surface area (Å²) in [7, 11) is 0. The van der Waals surface area contributed by atoms with Gasteiger partial charge in [-0.3, -0.25) is 4.79 Å². The van der Waals surface area contributed by atoms with E-state index in [2.05, 4.69) is 5.32 Å². The summed E-state index contributed by atoms with van der Waals surface area (Å²) in [4.78, 5) is 11.0. The van der Waals surface area contributed by atoms with Crippen molar-refractivity contribution in [1.82, 2.24) is 5.32 Å². The van der Waals surface area contributed by atoms with Gasteiger partial charge < -0.3 is 21.3 Å². The SMILES string of the molecule is CCC(N)C(=O)NC(CO)CO. The first-order chi connectivity index (χ1) is 5.65. The Labute approximate surface area is 71.6 Å². The maximum absolute atomic E-state index is 11.0. The third-order valence-corrected chi connectivity index (χ3v) is 1.56. The molecular formula is C7H16N2O3. The summed E-state index contributed by atoms with van der Waals surface area (Å²) in [6.45, 7) is 1.23. The molecule has 5 N–H and O–H groups in total. The Kier molecular flexibility index (Phi) is 5.61. The highest BCUT2D eigenvalue weighted by Gasteiger charge is 2.14. The number of aliphatic hydroxyl groups is 2. The smallest absolute Gasteiger partial charge is 0.237 e. The Morgan fingerprint density at radius 1 is 1.50 bits per heavy atom. The second kappa shape index (κ2) is 5.93. The lowest BCUT2D eigenvalue weighted by Gasteiger charge is -2.15. The molecule has 0 aliphatic rings. The van der Waals surface area contributed by atoms with Gasteiger partial charge in [-0.15, -0.1) is 0 Å². The molecule has 0 aromatic carbocycles. The Morgan fingerprint density at radius 3 is 2.33 bits per heavy atom. The Morgan fingerprint density at radius 2 is 2.00 bits per heavy atom. The molecule has 0 aromatic heterocycles. The number of carbonyl (C=O) groups excluding carboxylic acids is 1. The summed E-state index contributed by atoms with van der Waals surface area (Å²) in [5, 5.41) is 19.6. The van der Waals surface area contributed by atoms with E-state index in [0.717, 1.165) is 0 Å². The van der Waals surface area contributed by atoms with Crippen LogP contribution >= 0.6 is 0 Å². The van der Waals surface area contributed by atoms with Crippen LogP contribution in [0.5, 0.6) is 0 Å². The molecule has 0 aliphatic heterocycles. The molecule has 72 valence electrons. The third kappa shape index (κ3) is 3.66. The number of hydrogen-bond acceptors (Lipinski definition) is 4. The molecule has 5 heteroatoms. The zero-order valence-corrected chi connectivity index (χ0v) is 7.16. The van der Waals surface area contributed by atoms with Crippen molar-refractivity contribution in [3.05, 3.63) is 0 Å². The summed E-state index contributed by atoms with van der Waals surface area (Å²) in [6, 6.07) is -1.17. The normalized spacial score (nSPS) is 13.1. The molecule has 1 amide bonds. The fourth-order valence-electron chi connectivity index (χ4n) is 0.643. The van der Waals surface area contributed by atoms with Crippen molar-refractivity contribution in [3.63, 3.8) is 0 Å². The van der Waals surface area contributed by atoms with Gasteiger partial charge in [-0.1, -0.05) is 6.92 Å². The van der Waals surface area contributed by atoms with Crippen molar-refractivity contribution in [2.45, 2.75) is 25.4 Å². The summed E-state index contributed by atoms with van der Waals surface area (Å²) < 4.78 is 0. The molecule has 1 atom stereocenters. The molecule has 0 aromatic rings. The van der Waals surface area contributed by atoms with Gasteiger partial charge in [0.2, 0.25) is 5.91 Å². The number of amides is 1. The van der Waals surface area contributed by atoms with Crippen LogP contribution < -0.4 is 11.1 Å². The average molecular weight is 176 g/mol. The van der Waals surface area contributed by atoms with Crippen molar-refractivity contribution in [3.8, 4) is 0 Å². The van der Waals surface area contributed by atoms with E-state index >= 15 is 0 Å². The van der Waals surface area contributed by atoms with E-state index in [1.165, 1.54) is 0 Å². The van der Waals surface area contributed by atoms with Gasteiger partial charge in [0.25, 0.3) is 0 Å². The molecule has 0 rings (SSSR count). The van der Waals surface area contributed by atoms with E-state index < -0.39 is 12.1 Å². The Balaban J connectivity index is 3.81. The van der Waals surface area contributed by atoms with Crippen molar-refractivity contribution in [2.24, 2.45) is 5.73 Å². The van der Waals surface area contributed by atoms with Crippen LogP contribution in [-0.4, -0.2) is 41.4 Å². The van der Waals surface area contributed by atoms with E-state index in [0.29, 0.717) is 6.42 Å². The molecule has 1 unspecified atom stereocenters. The fourth-order valence-corrected chi connectivity index (χ4v) is 0.643. The molecule has 0 radical (unpaired) electrons. The van der Waals surface area contributed by atoms with Crippen LogP contribution in [-0.2, 0) is 4.79 Å². The first-order valence-electron chi connectivity index (χ1n) is 3.93. The lowest BCUT2D eigenvalue weighted by molar-refractivity contribution is -0.123. The molecule has 0 heterocycles. The van der Waals surface area contributed by atoms with Gasteiger partial charge in [0, 0.05) is 0 Å². The summed E-state index contributed by atoms with van der Waals surface area (Å²) >= 11 is 0. The second-order valence-electron chi connectivity index (χ2n) is 2.59. The van der Waals surface area contributed by atoms with E-state index in [9.17, 15) is 4.79 Å². The van der Waals surface area contributed by atoms with Gasteiger partial charge in [-0.05, 0) is 6.42 Å². The highest BCUT2D eigenvalue weighted by Crippen LogP contribution is 1.88. The fraction of sp³-hybridized carbons (Fsp3) is 0.857. The first kappa shape index (κ1) is 11.4. The maximum Gasteiger partial charge on any atom is 0.237 e. The standard InChI is InChI=1S/C7H16N2O3/c1-2-6(8)7(12)9-5(3-10)4-11/h5-6,10-11H,2-4,8H2,1H3,(H,9,12).